The van der Waals surface area contributed by atoms with Crippen molar-refractivity contribution >= 4 is 0 Å². The number of hydrogen-bond donors (Lipinski definition) is 3. The van der Waals surface area contributed by atoms with Crippen molar-refractivity contribution in [2.24, 2.45) is 0 Å². The number of rotatable bonds is 3. The summed E-state index contributed by atoms with van der Waals surface area (Å²) in [5.41, 5.74) is 1.16. The van der Waals surface area contributed by atoms with Gasteiger partial charge in [-0.05, 0) is 26.2 Å². The summed E-state index contributed by atoms with van der Waals surface area (Å²) in [6.07, 6.45) is 2.15. The molecule has 0 atom stereocenters. The monoisotopic (exact) mass is 139 g/mol. The first-order chi connectivity index (χ1) is 4.88. The molecule has 0 fully saturated rings. The fourth-order valence-electron chi connectivity index (χ4n) is 0.979. The van der Waals surface area contributed by atoms with E-state index >= 15 is 0 Å². The van der Waals surface area contributed by atoms with E-state index in [0.717, 1.165) is 5.69 Å². The summed E-state index contributed by atoms with van der Waals surface area (Å²) in [6, 6.07) is 4.02. The minimum absolute atomic E-state index is 0.231. The van der Waals surface area contributed by atoms with E-state index in [9.17, 15) is 0 Å². The van der Waals surface area contributed by atoms with Crippen molar-refractivity contribution in [2.45, 2.75) is 6.17 Å². The highest BCUT2D eigenvalue weighted by molar-refractivity contribution is 5.07. The van der Waals surface area contributed by atoms with E-state index < -0.39 is 0 Å². The average molecular weight is 139 g/mol. The Labute approximate surface area is 60.8 Å². The summed E-state index contributed by atoms with van der Waals surface area (Å²) in [6.45, 7) is 0. The highest BCUT2D eigenvalue weighted by Crippen LogP contribution is 2.03. The van der Waals surface area contributed by atoms with Gasteiger partial charge < -0.3 is 4.98 Å². The highest BCUT2D eigenvalue weighted by atomic mass is 15.1. The third-order valence-corrected chi connectivity index (χ3v) is 1.51. The molecule has 3 heteroatoms. The van der Waals surface area contributed by atoms with Gasteiger partial charge >= 0.3 is 0 Å². The van der Waals surface area contributed by atoms with Gasteiger partial charge in [0.25, 0.3) is 0 Å². The molecule has 0 amide bonds. The molecule has 1 rings (SSSR count). The molecule has 3 nitrogen and oxygen atoms in total. The van der Waals surface area contributed by atoms with E-state index in [4.69, 9.17) is 0 Å². The minimum Gasteiger partial charge on any atom is -0.363 e. The van der Waals surface area contributed by atoms with Gasteiger partial charge in [0.05, 0.1) is 6.17 Å². The zero-order chi connectivity index (χ0) is 7.40. The number of hydrogen-bond acceptors (Lipinski definition) is 2. The van der Waals surface area contributed by atoms with Gasteiger partial charge in [0, 0.05) is 11.9 Å². The van der Waals surface area contributed by atoms with Crippen LogP contribution in [0.1, 0.15) is 11.9 Å². The zero-order valence-electron chi connectivity index (χ0n) is 6.31. The Bertz CT molecular complexity index is 165. The second-order valence-electron chi connectivity index (χ2n) is 2.14. The molecule has 0 bridgehead atoms. The first-order valence-corrected chi connectivity index (χ1v) is 3.36. The third-order valence-electron chi connectivity index (χ3n) is 1.51. The summed E-state index contributed by atoms with van der Waals surface area (Å²) in [7, 11) is 3.84. The van der Waals surface area contributed by atoms with Crippen LogP contribution in [0.5, 0.6) is 0 Å². The maximum atomic E-state index is 3.11. The first kappa shape index (κ1) is 7.31. The van der Waals surface area contributed by atoms with Crippen molar-refractivity contribution in [3.63, 3.8) is 0 Å². The fraction of sp³-hybridized carbons (Fsp3) is 0.429. The molecule has 0 saturated carbocycles. The van der Waals surface area contributed by atoms with Crippen molar-refractivity contribution in [3.05, 3.63) is 24.0 Å². The van der Waals surface area contributed by atoms with Gasteiger partial charge in [-0.2, -0.15) is 0 Å². The molecule has 1 heterocycles. The quantitative estimate of drug-likeness (QED) is 0.532. The lowest BCUT2D eigenvalue weighted by Crippen LogP contribution is -2.28. The normalized spacial score (nSPS) is 10.7. The van der Waals surface area contributed by atoms with Crippen LogP contribution in [0.4, 0.5) is 0 Å². The van der Waals surface area contributed by atoms with Crippen LogP contribution >= 0.6 is 0 Å². The van der Waals surface area contributed by atoms with Crippen molar-refractivity contribution in [3.8, 4) is 0 Å². The Morgan fingerprint density at radius 3 is 2.50 bits per heavy atom. The topological polar surface area (TPSA) is 39.8 Å². The number of aromatic amines is 1. The lowest BCUT2D eigenvalue weighted by molar-refractivity contribution is 0.509. The Kier molecular flexibility index (Phi) is 2.48. The Hall–Kier alpha value is -0.800. The Morgan fingerprint density at radius 1 is 1.40 bits per heavy atom. The van der Waals surface area contributed by atoms with Gasteiger partial charge in [0.2, 0.25) is 0 Å². The molecule has 0 radical (unpaired) electrons. The highest BCUT2D eigenvalue weighted by Gasteiger charge is 2.03. The standard InChI is InChI=1S/C7H13N3/c1-8-7(9-2)6-4-3-5-10-6/h3-5,7-10H,1-2H3. The van der Waals surface area contributed by atoms with Crippen LogP contribution in [0.3, 0.4) is 0 Å². The molecule has 0 spiro atoms. The second kappa shape index (κ2) is 3.39. The van der Waals surface area contributed by atoms with E-state index in [2.05, 4.69) is 15.6 Å². The molecule has 1 aromatic heterocycles. The Morgan fingerprint density at radius 2 is 2.10 bits per heavy atom. The van der Waals surface area contributed by atoms with Crippen LogP contribution in [0.2, 0.25) is 0 Å². The summed E-state index contributed by atoms with van der Waals surface area (Å²) in [5.74, 6) is 0. The van der Waals surface area contributed by atoms with Gasteiger partial charge in [-0.3, -0.25) is 10.6 Å². The molecular formula is C7H13N3. The van der Waals surface area contributed by atoms with Crippen LogP contribution in [-0.2, 0) is 0 Å². The molecule has 0 unspecified atom stereocenters. The minimum atomic E-state index is 0.231. The summed E-state index contributed by atoms with van der Waals surface area (Å²) < 4.78 is 0. The Balaban J connectivity index is 2.64. The molecule has 0 aliphatic carbocycles. The van der Waals surface area contributed by atoms with Gasteiger partial charge in [0.1, 0.15) is 0 Å². The maximum absolute atomic E-state index is 3.11. The first-order valence-electron chi connectivity index (χ1n) is 3.36. The van der Waals surface area contributed by atoms with E-state index in [1.807, 2.05) is 32.4 Å². The molecule has 3 N–H and O–H groups in total. The zero-order valence-corrected chi connectivity index (χ0v) is 6.31. The van der Waals surface area contributed by atoms with Gasteiger partial charge in [-0.1, -0.05) is 0 Å². The summed E-state index contributed by atoms with van der Waals surface area (Å²) in [4.78, 5) is 3.11. The van der Waals surface area contributed by atoms with E-state index in [1.54, 1.807) is 0 Å². The van der Waals surface area contributed by atoms with E-state index in [-0.39, 0.29) is 6.17 Å². The SMILES string of the molecule is CNC(NC)c1ccc[nH]1. The van der Waals surface area contributed by atoms with E-state index in [0.29, 0.717) is 0 Å². The lowest BCUT2D eigenvalue weighted by atomic mass is 10.3. The largest absolute Gasteiger partial charge is 0.363 e. The average Bonchev–Trinajstić information content (AvgIpc) is 2.43. The van der Waals surface area contributed by atoms with Crippen molar-refractivity contribution in [1.29, 1.82) is 0 Å². The molecule has 0 saturated heterocycles. The molecule has 0 aliphatic heterocycles. The van der Waals surface area contributed by atoms with Crippen molar-refractivity contribution in [1.82, 2.24) is 15.6 Å². The van der Waals surface area contributed by atoms with Gasteiger partial charge in [-0.15, -0.1) is 0 Å². The van der Waals surface area contributed by atoms with Crippen molar-refractivity contribution in [2.75, 3.05) is 14.1 Å². The van der Waals surface area contributed by atoms with E-state index in [1.165, 1.54) is 0 Å². The third kappa shape index (κ3) is 1.37. The molecule has 0 aliphatic rings. The predicted molar refractivity (Wildman–Crippen MR) is 41.7 cm³/mol. The predicted octanol–water partition coefficient (Wildman–Crippen LogP) is 0.452. The number of nitrogens with one attached hydrogen (secondary N) is 3. The number of H-pyrrole nitrogens is 1. The second-order valence-corrected chi connectivity index (χ2v) is 2.14. The van der Waals surface area contributed by atoms with Crippen LogP contribution in [0, 0.1) is 0 Å². The van der Waals surface area contributed by atoms with Crippen LogP contribution in [0.25, 0.3) is 0 Å². The molecular weight excluding hydrogens is 126 g/mol. The summed E-state index contributed by atoms with van der Waals surface area (Å²) in [5, 5.41) is 6.22. The van der Waals surface area contributed by atoms with Crippen LogP contribution in [-0.4, -0.2) is 19.1 Å². The van der Waals surface area contributed by atoms with Gasteiger partial charge in [0.15, 0.2) is 0 Å². The van der Waals surface area contributed by atoms with Crippen LogP contribution in [0.15, 0.2) is 18.3 Å². The molecule has 1 aromatic rings. The molecule has 0 aromatic carbocycles. The maximum Gasteiger partial charge on any atom is 0.0983 e. The number of aromatic nitrogens is 1. The molecule has 10 heavy (non-hydrogen) atoms. The smallest absolute Gasteiger partial charge is 0.0983 e. The van der Waals surface area contributed by atoms with Crippen molar-refractivity contribution < 1.29 is 0 Å². The molecule has 56 valence electrons. The van der Waals surface area contributed by atoms with Gasteiger partial charge in [-0.25, -0.2) is 0 Å². The summed E-state index contributed by atoms with van der Waals surface area (Å²) >= 11 is 0. The van der Waals surface area contributed by atoms with Crippen LogP contribution < -0.4 is 10.6 Å². The lowest BCUT2D eigenvalue weighted by Gasteiger charge is -2.12. The fourth-order valence-corrected chi connectivity index (χ4v) is 0.979.